The highest BCUT2D eigenvalue weighted by Gasteiger charge is 2.24. The van der Waals surface area contributed by atoms with Gasteiger partial charge in [0.2, 0.25) is 0 Å². The molecule has 8 heteroatoms. The number of likely N-dealkylation sites (N-methyl/N-ethyl adjacent to an activating group) is 1. The van der Waals surface area contributed by atoms with E-state index in [1.807, 2.05) is 42.5 Å². The van der Waals surface area contributed by atoms with Gasteiger partial charge in [0.05, 0.1) is 31.0 Å². The van der Waals surface area contributed by atoms with E-state index in [9.17, 15) is 4.79 Å². The molecule has 1 unspecified atom stereocenters. The Hall–Kier alpha value is -2.54. The van der Waals surface area contributed by atoms with E-state index in [1.165, 1.54) is 0 Å². The smallest absolute Gasteiger partial charge is 0.256 e. The Bertz CT molecular complexity index is 1100. The van der Waals surface area contributed by atoms with Crippen LogP contribution in [0, 0.1) is 6.92 Å². The number of aromatic nitrogens is 2. The van der Waals surface area contributed by atoms with Gasteiger partial charge in [0.1, 0.15) is 10.9 Å². The van der Waals surface area contributed by atoms with Crippen LogP contribution >= 0.6 is 23.2 Å². The molecule has 0 radical (unpaired) electrons. The summed E-state index contributed by atoms with van der Waals surface area (Å²) in [4.78, 5) is 15.5. The lowest BCUT2D eigenvalue weighted by Crippen LogP contribution is -2.38. The van der Waals surface area contributed by atoms with E-state index < -0.39 is 0 Å². The largest absolute Gasteiger partial charge is 0.497 e. The summed E-state index contributed by atoms with van der Waals surface area (Å²) >= 11 is 12.9. The zero-order chi connectivity index (χ0) is 24.0. The molecule has 176 valence electrons. The molecule has 0 fully saturated rings. The molecule has 0 aliphatic heterocycles. The van der Waals surface area contributed by atoms with Crippen LogP contribution < -0.4 is 10.1 Å². The Kier molecular flexibility index (Phi) is 8.78. The fourth-order valence-corrected chi connectivity index (χ4v) is 4.47. The van der Waals surface area contributed by atoms with Crippen LogP contribution in [0.2, 0.25) is 10.2 Å². The third-order valence-electron chi connectivity index (χ3n) is 5.76. The molecule has 1 N–H and O–H groups in total. The molecular formula is C25H30Cl2N4O2. The van der Waals surface area contributed by atoms with Crippen LogP contribution in [-0.4, -0.2) is 47.3 Å². The number of carbonyl (C=O) groups is 1. The maximum atomic E-state index is 13.2. The van der Waals surface area contributed by atoms with Crippen molar-refractivity contribution < 1.29 is 9.53 Å². The van der Waals surface area contributed by atoms with Gasteiger partial charge < -0.3 is 10.1 Å². The predicted octanol–water partition coefficient (Wildman–Crippen LogP) is 5.37. The van der Waals surface area contributed by atoms with E-state index in [-0.39, 0.29) is 11.9 Å². The summed E-state index contributed by atoms with van der Waals surface area (Å²) in [6, 6.07) is 15.5. The SMILES string of the molecule is CCN(CC)C(CNC(=O)c1c(C)nn(Cc2ccccc2Cl)c1Cl)c1cccc(OC)c1. The topological polar surface area (TPSA) is 59.4 Å². The number of nitrogens with zero attached hydrogens (tertiary/aromatic N) is 3. The Morgan fingerprint density at radius 1 is 1.15 bits per heavy atom. The van der Waals surface area contributed by atoms with E-state index in [2.05, 4.69) is 35.2 Å². The maximum absolute atomic E-state index is 13.2. The van der Waals surface area contributed by atoms with Crippen molar-refractivity contribution in [3.05, 3.63) is 81.1 Å². The van der Waals surface area contributed by atoms with Crippen LogP contribution in [0.25, 0.3) is 0 Å². The van der Waals surface area contributed by atoms with Crippen molar-refractivity contribution in [2.45, 2.75) is 33.4 Å². The summed E-state index contributed by atoms with van der Waals surface area (Å²) in [6.07, 6.45) is 0. The molecule has 33 heavy (non-hydrogen) atoms. The minimum Gasteiger partial charge on any atom is -0.497 e. The van der Waals surface area contributed by atoms with Crippen molar-refractivity contribution in [3.8, 4) is 5.75 Å². The van der Waals surface area contributed by atoms with Gasteiger partial charge in [-0.1, -0.05) is 67.4 Å². The highest BCUT2D eigenvalue weighted by molar-refractivity contribution is 6.33. The maximum Gasteiger partial charge on any atom is 0.256 e. The molecule has 0 aliphatic carbocycles. The molecule has 0 saturated heterocycles. The molecule has 3 aromatic rings. The van der Waals surface area contributed by atoms with E-state index in [0.29, 0.717) is 34.5 Å². The van der Waals surface area contributed by atoms with Crippen LogP contribution in [0.3, 0.4) is 0 Å². The van der Waals surface area contributed by atoms with Crippen LogP contribution in [0.1, 0.15) is 47.1 Å². The van der Waals surface area contributed by atoms with Gasteiger partial charge in [0.15, 0.2) is 0 Å². The number of amides is 1. The number of nitrogens with one attached hydrogen (secondary N) is 1. The molecule has 1 aromatic heterocycles. The van der Waals surface area contributed by atoms with Crippen LogP contribution in [0.4, 0.5) is 0 Å². The Morgan fingerprint density at radius 3 is 2.55 bits per heavy atom. The first-order valence-electron chi connectivity index (χ1n) is 11.0. The highest BCUT2D eigenvalue weighted by Crippen LogP contribution is 2.26. The molecule has 1 amide bonds. The Labute approximate surface area is 205 Å². The van der Waals surface area contributed by atoms with E-state index in [1.54, 1.807) is 18.7 Å². The second kappa shape index (κ2) is 11.5. The fraction of sp³-hybridized carbons (Fsp3) is 0.360. The summed E-state index contributed by atoms with van der Waals surface area (Å²) in [6.45, 7) is 8.52. The lowest BCUT2D eigenvalue weighted by molar-refractivity contribution is 0.0934. The summed E-state index contributed by atoms with van der Waals surface area (Å²) < 4.78 is 7.00. The minimum atomic E-state index is -0.247. The number of aryl methyl sites for hydroxylation is 1. The number of rotatable bonds is 10. The van der Waals surface area contributed by atoms with Crippen LogP contribution in [0.5, 0.6) is 5.75 Å². The third kappa shape index (κ3) is 5.88. The van der Waals surface area contributed by atoms with Gasteiger partial charge in [-0.25, -0.2) is 4.68 Å². The van der Waals surface area contributed by atoms with Crippen molar-refractivity contribution in [2.75, 3.05) is 26.7 Å². The number of benzene rings is 2. The van der Waals surface area contributed by atoms with Crippen molar-refractivity contribution in [3.63, 3.8) is 0 Å². The molecule has 3 rings (SSSR count). The molecule has 0 saturated carbocycles. The van der Waals surface area contributed by atoms with Gasteiger partial charge in [-0.2, -0.15) is 5.10 Å². The number of carbonyl (C=O) groups excluding carboxylic acids is 1. The number of ether oxygens (including phenoxy) is 1. The second-order valence-electron chi connectivity index (χ2n) is 7.72. The zero-order valence-electron chi connectivity index (χ0n) is 19.4. The van der Waals surface area contributed by atoms with Gasteiger partial charge in [0, 0.05) is 11.6 Å². The first-order chi connectivity index (χ1) is 15.9. The standard InChI is InChI=1S/C25H30Cl2N4O2/c1-5-30(6-2)22(18-11-9-12-20(14-18)33-4)15-28-25(32)23-17(3)29-31(24(23)27)16-19-10-7-8-13-21(19)26/h7-14,22H,5-6,15-16H2,1-4H3,(H,28,32). The average molecular weight is 489 g/mol. The summed E-state index contributed by atoms with van der Waals surface area (Å²) in [5.74, 6) is 0.540. The predicted molar refractivity (Wildman–Crippen MR) is 134 cm³/mol. The molecule has 6 nitrogen and oxygen atoms in total. The minimum absolute atomic E-state index is 0.00342. The normalized spacial score (nSPS) is 12.1. The first-order valence-corrected chi connectivity index (χ1v) is 11.8. The summed E-state index contributed by atoms with van der Waals surface area (Å²) in [5.41, 5.74) is 2.92. The second-order valence-corrected chi connectivity index (χ2v) is 8.49. The lowest BCUT2D eigenvalue weighted by Gasteiger charge is -2.30. The zero-order valence-corrected chi connectivity index (χ0v) is 21.0. The van der Waals surface area contributed by atoms with E-state index in [0.717, 1.165) is 30.0 Å². The molecule has 0 aliphatic rings. The monoisotopic (exact) mass is 488 g/mol. The fourth-order valence-electron chi connectivity index (χ4n) is 3.95. The lowest BCUT2D eigenvalue weighted by atomic mass is 10.0. The molecule has 0 spiro atoms. The van der Waals surface area contributed by atoms with Gasteiger partial charge in [-0.05, 0) is 49.3 Å². The quantitative estimate of drug-likeness (QED) is 0.416. The third-order valence-corrected chi connectivity index (χ3v) is 6.51. The highest BCUT2D eigenvalue weighted by atomic mass is 35.5. The van der Waals surface area contributed by atoms with Crippen molar-refractivity contribution in [1.82, 2.24) is 20.0 Å². The summed E-state index contributed by atoms with van der Waals surface area (Å²) in [7, 11) is 1.65. The molecular weight excluding hydrogens is 459 g/mol. The van der Waals surface area contributed by atoms with Crippen LogP contribution in [0.15, 0.2) is 48.5 Å². The number of halogens is 2. The van der Waals surface area contributed by atoms with E-state index in [4.69, 9.17) is 27.9 Å². The Morgan fingerprint density at radius 2 is 1.88 bits per heavy atom. The molecule has 2 aromatic carbocycles. The van der Waals surface area contributed by atoms with Gasteiger partial charge in [-0.3, -0.25) is 9.69 Å². The van der Waals surface area contributed by atoms with Gasteiger partial charge in [-0.15, -0.1) is 0 Å². The molecule has 0 bridgehead atoms. The van der Waals surface area contributed by atoms with Crippen LogP contribution in [-0.2, 0) is 6.54 Å². The molecule has 1 atom stereocenters. The number of methoxy groups -OCH3 is 1. The summed E-state index contributed by atoms with van der Waals surface area (Å²) in [5, 5.41) is 8.48. The number of hydrogen-bond acceptors (Lipinski definition) is 4. The van der Waals surface area contributed by atoms with Gasteiger partial charge >= 0.3 is 0 Å². The van der Waals surface area contributed by atoms with E-state index >= 15 is 0 Å². The number of hydrogen-bond donors (Lipinski definition) is 1. The first kappa shape index (κ1) is 25.1. The Balaban J connectivity index is 1.80. The van der Waals surface area contributed by atoms with Crippen molar-refractivity contribution in [2.24, 2.45) is 0 Å². The molecule has 1 heterocycles. The van der Waals surface area contributed by atoms with Crippen molar-refractivity contribution >= 4 is 29.1 Å². The average Bonchev–Trinajstić information content (AvgIpc) is 3.10. The van der Waals surface area contributed by atoms with Crippen molar-refractivity contribution in [1.29, 1.82) is 0 Å². The van der Waals surface area contributed by atoms with Gasteiger partial charge in [0.25, 0.3) is 5.91 Å².